The summed E-state index contributed by atoms with van der Waals surface area (Å²) in [6.07, 6.45) is 0.763. The maximum atomic E-state index is 10.6. The molecule has 3 nitrogen and oxygen atoms in total. The maximum absolute atomic E-state index is 10.6. The van der Waals surface area contributed by atoms with Gasteiger partial charge in [0.25, 0.3) is 0 Å². The molecule has 0 aromatic heterocycles. The van der Waals surface area contributed by atoms with Crippen molar-refractivity contribution in [3.8, 4) is 0 Å². The zero-order valence-corrected chi connectivity index (χ0v) is 7.10. The second kappa shape index (κ2) is 2.76. The fourth-order valence-electron chi connectivity index (χ4n) is 1.58. The van der Waals surface area contributed by atoms with Crippen molar-refractivity contribution in [1.82, 2.24) is 0 Å². The van der Waals surface area contributed by atoms with Crippen LogP contribution in [0.15, 0.2) is 24.3 Å². The van der Waals surface area contributed by atoms with E-state index in [1.807, 2.05) is 24.3 Å². The van der Waals surface area contributed by atoms with Gasteiger partial charge in [-0.05, 0) is 30.0 Å². The molecule has 1 unspecified atom stereocenters. The largest absolute Gasteiger partial charge is 0.481 e. The number of hydrogen-bond donors (Lipinski definition) is 2. The van der Waals surface area contributed by atoms with Crippen LogP contribution in [0.4, 0.5) is 5.69 Å². The van der Waals surface area contributed by atoms with Crippen molar-refractivity contribution >= 4 is 11.7 Å². The van der Waals surface area contributed by atoms with E-state index in [1.165, 1.54) is 0 Å². The molecule has 1 aromatic carbocycles. The first kappa shape index (κ1) is 8.10. The van der Waals surface area contributed by atoms with Crippen LogP contribution in [0.3, 0.4) is 0 Å². The normalized spacial score (nSPS) is 25.5. The number of anilines is 1. The molecule has 0 heterocycles. The minimum absolute atomic E-state index is 0.177. The van der Waals surface area contributed by atoms with Crippen molar-refractivity contribution in [3.63, 3.8) is 0 Å². The highest BCUT2D eigenvalue weighted by atomic mass is 16.4. The molecule has 1 aliphatic carbocycles. The lowest BCUT2D eigenvalue weighted by Gasteiger charge is -1.98. The van der Waals surface area contributed by atoms with Gasteiger partial charge in [0.15, 0.2) is 0 Å². The topological polar surface area (TPSA) is 63.3 Å². The lowest BCUT2D eigenvalue weighted by molar-refractivity contribution is -0.138. The van der Waals surface area contributed by atoms with Crippen LogP contribution in [0.25, 0.3) is 0 Å². The van der Waals surface area contributed by atoms with Gasteiger partial charge in [0.1, 0.15) is 0 Å². The van der Waals surface area contributed by atoms with E-state index >= 15 is 0 Å². The van der Waals surface area contributed by atoms with E-state index in [2.05, 4.69) is 0 Å². The average Bonchev–Trinajstić information content (AvgIpc) is 2.85. The molecule has 2 atom stereocenters. The summed E-state index contributed by atoms with van der Waals surface area (Å²) in [7, 11) is 0. The first-order valence-electron chi connectivity index (χ1n) is 4.26. The molecule has 1 fully saturated rings. The number of nitrogens with two attached hydrogens (primary N) is 1. The summed E-state index contributed by atoms with van der Waals surface area (Å²) < 4.78 is 0. The highest BCUT2D eigenvalue weighted by molar-refractivity contribution is 5.75. The monoisotopic (exact) mass is 177 g/mol. The third-order valence-corrected chi connectivity index (χ3v) is 2.47. The molecule has 3 heteroatoms. The fourth-order valence-corrected chi connectivity index (χ4v) is 1.58. The number of aliphatic carboxylic acids is 1. The van der Waals surface area contributed by atoms with Gasteiger partial charge in [-0.1, -0.05) is 12.1 Å². The predicted molar refractivity (Wildman–Crippen MR) is 49.3 cm³/mol. The molecule has 1 aliphatic rings. The number of hydrogen-bond acceptors (Lipinski definition) is 2. The highest BCUT2D eigenvalue weighted by Crippen LogP contribution is 2.47. The number of carbonyl (C=O) groups is 1. The van der Waals surface area contributed by atoms with Crippen LogP contribution in [0, 0.1) is 5.92 Å². The van der Waals surface area contributed by atoms with Crippen molar-refractivity contribution < 1.29 is 9.90 Å². The Morgan fingerprint density at radius 1 is 1.38 bits per heavy atom. The Balaban J connectivity index is 2.12. The van der Waals surface area contributed by atoms with Gasteiger partial charge in [0.2, 0.25) is 0 Å². The summed E-state index contributed by atoms with van der Waals surface area (Å²) in [6.45, 7) is 0. The van der Waals surface area contributed by atoms with Gasteiger partial charge in [0, 0.05) is 5.69 Å². The van der Waals surface area contributed by atoms with E-state index < -0.39 is 5.97 Å². The second-order valence-corrected chi connectivity index (χ2v) is 3.45. The zero-order chi connectivity index (χ0) is 9.42. The molecule has 0 aliphatic heterocycles. The SMILES string of the molecule is Nc1ccc(C2C[C@@H]2C(=O)O)cc1. The number of benzene rings is 1. The number of rotatable bonds is 2. The van der Waals surface area contributed by atoms with E-state index in [9.17, 15) is 4.79 Å². The van der Waals surface area contributed by atoms with Crippen molar-refractivity contribution in [3.05, 3.63) is 29.8 Å². The maximum Gasteiger partial charge on any atom is 0.307 e. The molecule has 0 spiro atoms. The van der Waals surface area contributed by atoms with E-state index in [-0.39, 0.29) is 11.8 Å². The smallest absolute Gasteiger partial charge is 0.307 e. The molecular weight excluding hydrogens is 166 g/mol. The van der Waals surface area contributed by atoms with Crippen LogP contribution in [-0.4, -0.2) is 11.1 Å². The van der Waals surface area contributed by atoms with Gasteiger partial charge in [-0.15, -0.1) is 0 Å². The standard InChI is InChI=1S/C10H11NO2/c11-7-3-1-6(2-4-7)8-5-9(8)10(12)13/h1-4,8-9H,5,11H2,(H,12,13)/t8?,9-/m0/s1. The van der Waals surface area contributed by atoms with Gasteiger partial charge < -0.3 is 10.8 Å². The lowest BCUT2D eigenvalue weighted by Crippen LogP contribution is -1.98. The Morgan fingerprint density at radius 3 is 2.46 bits per heavy atom. The van der Waals surface area contributed by atoms with Crippen LogP contribution in [0.2, 0.25) is 0 Å². The third-order valence-electron chi connectivity index (χ3n) is 2.47. The summed E-state index contributed by atoms with van der Waals surface area (Å²) in [4.78, 5) is 10.6. The zero-order valence-electron chi connectivity index (χ0n) is 7.10. The molecule has 0 radical (unpaired) electrons. The van der Waals surface area contributed by atoms with Crippen LogP contribution < -0.4 is 5.73 Å². The Kier molecular flexibility index (Phi) is 1.72. The van der Waals surface area contributed by atoms with Gasteiger partial charge >= 0.3 is 5.97 Å². The lowest BCUT2D eigenvalue weighted by atomic mass is 10.1. The Labute approximate surface area is 76.2 Å². The number of carboxylic acid groups (broad SMARTS) is 1. The van der Waals surface area contributed by atoms with E-state index in [4.69, 9.17) is 10.8 Å². The number of carboxylic acids is 1. The first-order valence-corrected chi connectivity index (χ1v) is 4.26. The Hall–Kier alpha value is -1.51. The number of nitrogen functional groups attached to an aromatic ring is 1. The summed E-state index contributed by atoms with van der Waals surface area (Å²) in [6, 6.07) is 7.44. The quantitative estimate of drug-likeness (QED) is 0.672. The molecule has 2 rings (SSSR count). The minimum atomic E-state index is -0.693. The molecule has 13 heavy (non-hydrogen) atoms. The van der Waals surface area contributed by atoms with Crippen molar-refractivity contribution in [1.29, 1.82) is 0 Å². The van der Waals surface area contributed by atoms with Gasteiger partial charge in [-0.3, -0.25) is 4.79 Å². The van der Waals surface area contributed by atoms with Gasteiger partial charge in [-0.2, -0.15) is 0 Å². The summed E-state index contributed by atoms with van der Waals surface area (Å²) in [5.41, 5.74) is 7.33. The summed E-state index contributed by atoms with van der Waals surface area (Å²) >= 11 is 0. The van der Waals surface area contributed by atoms with Gasteiger partial charge in [0.05, 0.1) is 5.92 Å². The summed E-state index contributed by atoms with van der Waals surface area (Å²) in [5.74, 6) is -0.663. The second-order valence-electron chi connectivity index (χ2n) is 3.45. The van der Waals surface area contributed by atoms with Gasteiger partial charge in [-0.25, -0.2) is 0 Å². The van der Waals surface area contributed by atoms with Crippen LogP contribution in [-0.2, 0) is 4.79 Å². The molecule has 3 N–H and O–H groups in total. The van der Waals surface area contributed by atoms with Crippen molar-refractivity contribution in [2.75, 3.05) is 5.73 Å². The average molecular weight is 177 g/mol. The highest BCUT2D eigenvalue weighted by Gasteiger charge is 2.43. The van der Waals surface area contributed by atoms with E-state index in [0.717, 1.165) is 17.7 Å². The molecule has 68 valence electrons. The van der Waals surface area contributed by atoms with Crippen LogP contribution in [0.1, 0.15) is 17.9 Å². The third kappa shape index (κ3) is 1.49. The molecule has 0 saturated heterocycles. The molecule has 0 bridgehead atoms. The van der Waals surface area contributed by atoms with E-state index in [0.29, 0.717) is 0 Å². The first-order chi connectivity index (χ1) is 6.18. The fraction of sp³-hybridized carbons (Fsp3) is 0.300. The molecule has 1 saturated carbocycles. The predicted octanol–water partition coefficient (Wildman–Crippen LogP) is 1.46. The molecule has 1 aromatic rings. The summed E-state index contributed by atoms with van der Waals surface area (Å²) in [5, 5.41) is 8.71. The van der Waals surface area contributed by atoms with Crippen LogP contribution in [0.5, 0.6) is 0 Å². The molecular formula is C10H11NO2. The Bertz CT molecular complexity index is 331. The van der Waals surface area contributed by atoms with E-state index in [1.54, 1.807) is 0 Å². The van der Waals surface area contributed by atoms with Crippen molar-refractivity contribution in [2.24, 2.45) is 5.92 Å². The van der Waals surface area contributed by atoms with Crippen molar-refractivity contribution in [2.45, 2.75) is 12.3 Å². The molecule has 0 amide bonds. The Morgan fingerprint density at radius 2 is 2.00 bits per heavy atom. The van der Waals surface area contributed by atoms with Crippen LogP contribution >= 0.6 is 0 Å². The minimum Gasteiger partial charge on any atom is -0.481 e.